The Bertz CT molecular complexity index is 622. The normalized spacial score (nSPS) is 23.5. The molecule has 1 aliphatic heterocycles. The van der Waals surface area contributed by atoms with E-state index in [1.165, 1.54) is 16.5 Å². The molecule has 1 aromatic carbocycles. The van der Waals surface area contributed by atoms with Gasteiger partial charge in [0.15, 0.2) is 0 Å². The molecule has 0 saturated carbocycles. The first-order chi connectivity index (χ1) is 10.6. The Balaban J connectivity index is 1.76. The molecular weight excluding hydrogens is 274 g/mol. The predicted octanol–water partition coefficient (Wildman–Crippen LogP) is 2.30. The topological polar surface area (TPSA) is 42.5 Å². The van der Waals surface area contributed by atoms with E-state index in [-0.39, 0.29) is 12.0 Å². The summed E-state index contributed by atoms with van der Waals surface area (Å²) in [5, 5.41) is 11.2. The average Bonchev–Trinajstić information content (AvgIpc) is 2.96. The number of aromatic nitrogens is 1. The molecule has 22 heavy (non-hydrogen) atoms. The lowest BCUT2D eigenvalue weighted by atomic mass is 9.80. The number of piperidine rings is 1. The Morgan fingerprint density at radius 1 is 1.32 bits per heavy atom. The van der Waals surface area contributed by atoms with E-state index in [1.54, 1.807) is 0 Å². The molecule has 0 radical (unpaired) electrons. The van der Waals surface area contributed by atoms with Crippen LogP contribution in [0.1, 0.15) is 18.4 Å². The molecule has 0 amide bonds. The zero-order valence-electron chi connectivity index (χ0n) is 13.7. The number of aliphatic hydroxyl groups excluding tert-OH is 1. The molecule has 4 nitrogen and oxygen atoms in total. The molecule has 2 heterocycles. The lowest BCUT2D eigenvalue weighted by Gasteiger charge is -2.43. The van der Waals surface area contributed by atoms with Crippen LogP contribution in [0, 0.1) is 5.41 Å². The van der Waals surface area contributed by atoms with Crippen molar-refractivity contribution in [1.82, 2.24) is 14.8 Å². The van der Waals surface area contributed by atoms with Crippen molar-refractivity contribution in [2.24, 2.45) is 5.41 Å². The van der Waals surface area contributed by atoms with E-state index in [0.717, 1.165) is 39.0 Å². The van der Waals surface area contributed by atoms with Crippen molar-refractivity contribution in [2.45, 2.75) is 19.4 Å². The number of aromatic amines is 1. The summed E-state index contributed by atoms with van der Waals surface area (Å²) in [4.78, 5) is 8.06. The van der Waals surface area contributed by atoms with E-state index in [4.69, 9.17) is 0 Å². The molecule has 2 N–H and O–H groups in total. The summed E-state index contributed by atoms with van der Waals surface area (Å²) in [6.07, 6.45) is 4.29. The number of para-hydroxylation sites is 1. The number of hydrogen-bond acceptors (Lipinski definition) is 3. The number of rotatable bonds is 5. The highest BCUT2D eigenvalue weighted by Crippen LogP contribution is 2.31. The van der Waals surface area contributed by atoms with Gasteiger partial charge < -0.3 is 15.0 Å². The average molecular weight is 301 g/mol. The highest BCUT2D eigenvalue weighted by Gasteiger charge is 2.35. The molecule has 2 aromatic rings. The standard InChI is InChI=1S/C18H27N3O/c1-20(2)12-18(14-22)8-4-10-21(13-18)11-16-6-3-5-15-7-9-19-17(15)16/h3,5-7,9,19,22H,4,8,10-14H2,1-2H3/t18-/m1/s1. The second-order valence-electron chi connectivity index (χ2n) is 7.07. The molecule has 1 aliphatic rings. The first-order valence-electron chi connectivity index (χ1n) is 8.15. The summed E-state index contributed by atoms with van der Waals surface area (Å²) in [6.45, 7) is 4.26. The van der Waals surface area contributed by atoms with E-state index >= 15 is 0 Å². The number of fused-ring (bicyclic) bond motifs is 1. The van der Waals surface area contributed by atoms with Gasteiger partial charge in [0.25, 0.3) is 0 Å². The smallest absolute Gasteiger partial charge is 0.0512 e. The Morgan fingerprint density at radius 2 is 2.18 bits per heavy atom. The number of aliphatic hydroxyl groups is 1. The van der Waals surface area contributed by atoms with Crippen LogP contribution in [0.25, 0.3) is 10.9 Å². The Kier molecular flexibility index (Phi) is 4.52. The van der Waals surface area contributed by atoms with Gasteiger partial charge in [-0.2, -0.15) is 0 Å². The molecule has 120 valence electrons. The van der Waals surface area contributed by atoms with Crippen LogP contribution in [0.3, 0.4) is 0 Å². The van der Waals surface area contributed by atoms with Crippen LogP contribution in [0.4, 0.5) is 0 Å². The van der Waals surface area contributed by atoms with Gasteiger partial charge >= 0.3 is 0 Å². The molecule has 1 aromatic heterocycles. The number of nitrogens with one attached hydrogen (secondary N) is 1. The van der Waals surface area contributed by atoms with Crippen molar-refractivity contribution >= 4 is 10.9 Å². The zero-order chi connectivity index (χ0) is 15.6. The largest absolute Gasteiger partial charge is 0.396 e. The van der Waals surface area contributed by atoms with E-state index < -0.39 is 0 Å². The third-order valence-electron chi connectivity index (χ3n) is 4.80. The highest BCUT2D eigenvalue weighted by molar-refractivity contribution is 5.82. The van der Waals surface area contributed by atoms with E-state index in [9.17, 15) is 5.11 Å². The fourth-order valence-corrected chi connectivity index (χ4v) is 3.95. The third kappa shape index (κ3) is 3.19. The highest BCUT2D eigenvalue weighted by atomic mass is 16.3. The second kappa shape index (κ2) is 6.41. The van der Waals surface area contributed by atoms with Crippen molar-refractivity contribution in [3.05, 3.63) is 36.0 Å². The number of likely N-dealkylation sites (tertiary alicyclic amines) is 1. The summed E-state index contributed by atoms with van der Waals surface area (Å²) in [5.41, 5.74) is 2.61. The van der Waals surface area contributed by atoms with E-state index in [1.807, 2.05) is 6.20 Å². The van der Waals surface area contributed by atoms with Gasteiger partial charge in [-0.15, -0.1) is 0 Å². The third-order valence-corrected chi connectivity index (χ3v) is 4.80. The second-order valence-corrected chi connectivity index (χ2v) is 7.07. The van der Waals surface area contributed by atoms with Crippen molar-refractivity contribution in [3.63, 3.8) is 0 Å². The summed E-state index contributed by atoms with van der Waals surface area (Å²) in [5.74, 6) is 0. The van der Waals surface area contributed by atoms with Gasteiger partial charge in [-0.1, -0.05) is 18.2 Å². The maximum Gasteiger partial charge on any atom is 0.0512 e. The predicted molar refractivity (Wildman–Crippen MR) is 90.9 cm³/mol. The first-order valence-corrected chi connectivity index (χ1v) is 8.15. The number of benzene rings is 1. The van der Waals surface area contributed by atoms with Crippen molar-refractivity contribution in [2.75, 3.05) is 40.3 Å². The van der Waals surface area contributed by atoms with Gasteiger partial charge in [-0.25, -0.2) is 0 Å². The van der Waals surface area contributed by atoms with Gasteiger partial charge in [0, 0.05) is 36.8 Å². The fraction of sp³-hybridized carbons (Fsp3) is 0.556. The van der Waals surface area contributed by atoms with Crippen molar-refractivity contribution < 1.29 is 5.11 Å². The molecule has 0 bridgehead atoms. The minimum absolute atomic E-state index is 0.0192. The number of H-pyrrole nitrogens is 1. The molecule has 0 spiro atoms. The van der Waals surface area contributed by atoms with Gasteiger partial charge in [0.05, 0.1) is 6.61 Å². The molecule has 4 heteroatoms. The van der Waals surface area contributed by atoms with E-state index in [0.29, 0.717) is 0 Å². The van der Waals surface area contributed by atoms with Gasteiger partial charge in [0.1, 0.15) is 0 Å². The Hall–Kier alpha value is -1.36. The number of nitrogens with zero attached hydrogens (tertiary/aromatic N) is 2. The summed E-state index contributed by atoms with van der Waals surface area (Å²) >= 11 is 0. The van der Waals surface area contributed by atoms with Crippen LogP contribution in [0.2, 0.25) is 0 Å². The maximum absolute atomic E-state index is 9.95. The van der Waals surface area contributed by atoms with Gasteiger partial charge in [-0.3, -0.25) is 4.90 Å². The van der Waals surface area contributed by atoms with Crippen LogP contribution in [-0.4, -0.2) is 60.2 Å². The molecule has 1 saturated heterocycles. The molecule has 0 aliphatic carbocycles. The first kappa shape index (κ1) is 15.5. The fourth-order valence-electron chi connectivity index (χ4n) is 3.95. The van der Waals surface area contributed by atoms with Crippen molar-refractivity contribution in [1.29, 1.82) is 0 Å². The monoisotopic (exact) mass is 301 g/mol. The van der Waals surface area contributed by atoms with Crippen molar-refractivity contribution in [3.8, 4) is 0 Å². The Morgan fingerprint density at radius 3 is 2.95 bits per heavy atom. The lowest BCUT2D eigenvalue weighted by Crippen LogP contribution is -2.49. The van der Waals surface area contributed by atoms with Crippen LogP contribution >= 0.6 is 0 Å². The van der Waals surface area contributed by atoms with Crippen LogP contribution < -0.4 is 0 Å². The van der Waals surface area contributed by atoms with Crippen LogP contribution in [-0.2, 0) is 6.54 Å². The minimum Gasteiger partial charge on any atom is -0.396 e. The minimum atomic E-state index is 0.0192. The van der Waals surface area contributed by atoms with Gasteiger partial charge in [0.2, 0.25) is 0 Å². The Labute approximate surface area is 132 Å². The molecule has 1 atom stereocenters. The van der Waals surface area contributed by atoms with Crippen LogP contribution in [0.15, 0.2) is 30.5 Å². The molecule has 1 fully saturated rings. The summed E-state index contributed by atoms with van der Waals surface area (Å²) in [6, 6.07) is 8.61. The quantitative estimate of drug-likeness (QED) is 0.890. The summed E-state index contributed by atoms with van der Waals surface area (Å²) in [7, 11) is 4.19. The van der Waals surface area contributed by atoms with Gasteiger partial charge in [-0.05, 0) is 50.5 Å². The summed E-state index contributed by atoms with van der Waals surface area (Å²) < 4.78 is 0. The molecule has 0 unspecified atom stereocenters. The van der Waals surface area contributed by atoms with Crippen LogP contribution in [0.5, 0.6) is 0 Å². The maximum atomic E-state index is 9.95. The SMILES string of the molecule is CN(C)C[C@]1(CO)CCCN(Cc2cccc3cc[nH]c23)C1. The van der Waals surface area contributed by atoms with E-state index in [2.05, 4.69) is 53.1 Å². The lowest BCUT2D eigenvalue weighted by molar-refractivity contribution is 0.0107. The molecular formula is C18H27N3O. The molecule has 3 rings (SSSR count). The number of hydrogen-bond donors (Lipinski definition) is 2. The zero-order valence-corrected chi connectivity index (χ0v) is 13.7.